The van der Waals surface area contributed by atoms with Gasteiger partial charge in [0.1, 0.15) is 0 Å². The number of nitrogens with zero attached hydrogens (tertiary/aromatic N) is 6. The largest absolute Gasteiger partial charge is 0.372 e. The van der Waals surface area contributed by atoms with Gasteiger partial charge < -0.3 is 14.7 Å². The molecular weight excluding hydrogens is 1600 g/mol. The molecular formula is C126H189N6+3. The maximum Gasteiger partial charge on any atom is 0.213 e. The first kappa shape index (κ1) is 106. The molecule has 0 N–H and O–H groups in total. The molecule has 10 aromatic rings. The van der Waals surface area contributed by atoms with Crippen LogP contribution in [0.3, 0.4) is 0 Å². The average Bonchev–Trinajstić information content (AvgIpc) is 0.783. The molecule has 3 heterocycles. The Morgan fingerprint density at radius 2 is 0.341 bits per heavy atom. The number of para-hydroxylation sites is 3. The second-order valence-electron chi connectivity index (χ2n) is 40.5. The van der Waals surface area contributed by atoms with Gasteiger partial charge in [0.25, 0.3) is 0 Å². The maximum atomic E-state index is 2.74. The van der Waals surface area contributed by atoms with Gasteiger partial charge in [0, 0.05) is 126 Å². The lowest BCUT2D eigenvalue weighted by molar-refractivity contribution is -0.664. The van der Waals surface area contributed by atoms with Gasteiger partial charge in [-0.1, -0.05) is 461 Å². The molecule has 3 aromatic heterocycles. The summed E-state index contributed by atoms with van der Waals surface area (Å²) < 4.78 is 7.56. The standard InChI is InChI=1S/C126H189N6/c1-7-13-19-25-31-37-43-49-55-67-94-127(95-68-56-50-44-38-32-26-20-14-8-2)115-85-79-112(80-86-115)118-91-100-130(124-76-64-61-73-121(118)124)106-109-103-110(107-131-101-92-119(122-74-62-65-77-125(122)131)113-81-87-116(88-82-113)128(96-69-57-51-45-39-33-27-21-15-9-3)97-70-58-52-46-40-34-28-22-16-10-4)105-111(104-109)108-132-102-93-120(123-75-63-66-78-126(123)132)114-83-89-117(90-84-114)129(98-71-59-53-47-41-35-29-23-17-11-5)99-72-60-54-48-42-36-30-24-18-12-6/h61-66,73-93,100-105H,7-60,67-72,94-99,106-108H2,1-6H3/q+3. The first-order valence-corrected chi connectivity index (χ1v) is 56.3. The number of hydrogen-bond donors (Lipinski definition) is 0. The van der Waals surface area contributed by atoms with Gasteiger partial charge in [-0.2, -0.15) is 13.7 Å². The minimum Gasteiger partial charge on any atom is -0.372 e. The van der Waals surface area contributed by atoms with E-state index in [1.807, 2.05) is 0 Å². The summed E-state index contributed by atoms with van der Waals surface area (Å²) in [6.45, 7) is 23.1. The van der Waals surface area contributed by atoms with Crippen LogP contribution < -0.4 is 28.4 Å². The first-order valence-electron chi connectivity index (χ1n) is 56.3. The Morgan fingerprint density at radius 1 is 0.174 bits per heavy atom. The number of anilines is 3. The molecule has 7 aromatic carbocycles. The minimum atomic E-state index is 0.750. The molecule has 132 heavy (non-hydrogen) atoms. The molecule has 0 bridgehead atoms. The average molecular weight is 1790 g/mol. The number of rotatable bonds is 78. The van der Waals surface area contributed by atoms with E-state index in [2.05, 4.69) is 271 Å². The predicted molar refractivity (Wildman–Crippen MR) is 580 cm³/mol. The summed E-state index contributed by atoms with van der Waals surface area (Å²) >= 11 is 0. The van der Waals surface area contributed by atoms with Crippen molar-refractivity contribution >= 4 is 49.8 Å². The van der Waals surface area contributed by atoms with Gasteiger partial charge in [0.05, 0.1) is 16.2 Å². The van der Waals surface area contributed by atoms with Gasteiger partial charge in [-0.15, -0.1) is 0 Å². The normalized spacial score (nSPS) is 11.7. The number of pyridine rings is 3. The summed E-state index contributed by atoms with van der Waals surface area (Å²) in [7, 11) is 0. The van der Waals surface area contributed by atoms with E-state index < -0.39 is 0 Å². The van der Waals surface area contributed by atoms with Crippen molar-refractivity contribution in [2.24, 2.45) is 0 Å². The van der Waals surface area contributed by atoms with Crippen molar-refractivity contribution in [3.05, 3.63) is 217 Å². The zero-order valence-corrected chi connectivity index (χ0v) is 85.5. The molecule has 0 atom stereocenters. The highest BCUT2D eigenvalue weighted by atomic mass is 15.1. The molecule has 6 heteroatoms. The minimum absolute atomic E-state index is 0.750. The van der Waals surface area contributed by atoms with E-state index in [0.717, 1.165) is 58.9 Å². The highest BCUT2D eigenvalue weighted by Gasteiger charge is 2.23. The topological polar surface area (TPSA) is 21.4 Å². The van der Waals surface area contributed by atoms with Gasteiger partial charge in [0.2, 0.25) is 16.6 Å². The highest BCUT2D eigenvalue weighted by Crippen LogP contribution is 2.35. The molecule has 0 saturated heterocycles. The fraction of sp³-hybridized carbons (Fsp3) is 0.595. The molecule has 0 saturated carbocycles. The number of fused-ring (bicyclic) bond motifs is 3. The van der Waals surface area contributed by atoms with E-state index >= 15 is 0 Å². The molecule has 6 nitrogen and oxygen atoms in total. The van der Waals surface area contributed by atoms with Crippen LogP contribution >= 0.6 is 0 Å². The lowest BCUT2D eigenvalue weighted by Gasteiger charge is -2.25. The van der Waals surface area contributed by atoms with Crippen LogP contribution in [-0.2, 0) is 19.6 Å². The Balaban J connectivity index is 0.909. The lowest BCUT2D eigenvalue weighted by atomic mass is 9.99. The summed E-state index contributed by atoms with van der Waals surface area (Å²) in [6, 6.07) is 71.7. The van der Waals surface area contributed by atoms with Gasteiger partial charge >= 0.3 is 0 Å². The molecule has 0 fully saturated rings. The third kappa shape index (κ3) is 39.1. The van der Waals surface area contributed by atoms with Crippen LogP contribution in [-0.4, -0.2) is 39.3 Å². The molecule has 0 amide bonds. The second kappa shape index (κ2) is 66.6. The van der Waals surface area contributed by atoms with E-state index in [0.29, 0.717) is 0 Å². The van der Waals surface area contributed by atoms with Crippen molar-refractivity contribution in [3.63, 3.8) is 0 Å². The van der Waals surface area contributed by atoms with Crippen LogP contribution in [0.2, 0.25) is 0 Å². The van der Waals surface area contributed by atoms with Gasteiger partial charge in [0.15, 0.2) is 38.2 Å². The van der Waals surface area contributed by atoms with Crippen molar-refractivity contribution in [2.45, 2.75) is 446 Å². The Labute approximate surface area is 809 Å². The molecule has 0 aliphatic heterocycles. The van der Waals surface area contributed by atoms with Crippen molar-refractivity contribution in [2.75, 3.05) is 54.0 Å². The van der Waals surface area contributed by atoms with E-state index in [4.69, 9.17) is 0 Å². The Morgan fingerprint density at radius 3 is 0.523 bits per heavy atom. The van der Waals surface area contributed by atoms with Crippen LogP contribution in [0.25, 0.3) is 66.1 Å². The molecule has 720 valence electrons. The first-order chi connectivity index (χ1) is 65.4. The highest BCUT2D eigenvalue weighted by molar-refractivity contribution is 5.95. The van der Waals surface area contributed by atoms with E-state index in [1.165, 1.54) is 485 Å². The van der Waals surface area contributed by atoms with E-state index in [9.17, 15) is 0 Å². The van der Waals surface area contributed by atoms with Crippen LogP contribution in [0.5, 0.6) is 0 Å². The quantitative estimate of drug-likeness (QED) is 0.0280. The molecule has 0 aliphatic carbocycles. The predicted octanol–water partition coefficient (Wildman–Crippen LogP) is 37.1. The van der Waals surface area contributed by atoms with Crippen molar-refractivity contribution in [3.8, 4) is 33.4 Å². The maximum absolute atomic E-state index is 2.74. The van der Waals surface area contributed by atoms with E-state index in [-0.39, 0.29) is 0 Å². The van der Waals surface area contributed by atoms with Gasteiger partial charge in [-0.25, -0.2) is 0 Å². The van der Waals surface area contributed by atoms with E-state index in [1.54, 1.807) is 0 Å². The summed E-state index contributed by atoms with van der Waals surface area (Å²) in [6.07, 6.45) is 89.5. The molecule has 0 spiro atoms. The summed E-state index contributed by atoms with van der Waals surface area (Å²) in [5, 5.41) is 3.88. The lowest BCUT2D eigenvalue weighted by Crippen LogP contribution is -2.37. The van der Waals surface area contributed by atoms with Crippen molar-refractivity contribution in [1.82, 2.24) is 0 Å². The molecule has 10 rings (SSSR count). The summed E-state index contributed by atoms with van der Waals surface area (Å²) in [5.74, 6) is 0. The summed E-state index contributed by atoms with van der Waals surface area (Å²) in [4.78, 5) is 8.21. The fourth-order valence-corrected chi connectivity index (χ4v) is 21.1. The van der Waals surface area contributed by atoms with Crippen molar-refractivity contribution in [1.29, 1.82) is 0 Å². The number of benzene rings is 7. The monoisotopic (exact) mass is 1790 g/mol. The van der Waals surface area contributed by atoms with Crippen molar-refractivity contribution < 1.29 is 13.7 Å². The second-order valence-corrected chi connectivity index (χ2v) is 40.5. The number of aromatic nitrogens is 3. The summed E-state index contributed by atoms with van der Waals surface area (Å²) in [5.41, 5.74) is 19.6. The Bertz CT molecular complexity index is 4070. The molecule has 0 radical (unpaired) electrons. The third-order valence-electron chi connectivity index (χ3n) is 29.3. The Kier molecular flexibility index (Phi) is 53.6. The molecule has 0 unspecified atom stereocenters. The zero-order valence-electron chi connectivity index (χ0n) is 85.5. The van der Waals surface area contributed by atoms with Crippen LogP contribution in [0.4, 0.5) is 17.1 Å². The third-order valence-corrected chi connectivity index (χ3v) is 29.3. The van der Waals surface area contributed by atoms with Crippen LogP contribution in [0, 0.1) is 0 Å². The zero-order chi connectivity index (χ0) is 92.0. The number of unbranched alkanes of at least 4 members (excludes halogenated alkanes) is 54. The van der Waals surface area contributed by atoms with Gasteiger partial charge in [-0.3, -0.25) is 0 Å². The van der Waals surface area contributed by atoms with Crippen LogP contribution in [0.1, 0.15) is 443 Å². The Hall–Kier alpha value is -7.83. The SMILES string of the molecule is CCCCCCCCCCCCN(CCCCCCCCCCCC)c1ccc(-c2cc[n+](Cc3cc(C[n+]4ccc(-c5ccc(N(CCCCCCCCCCCC)CCCCCCCCCCCC)cc5)c5ccccc54)cc(C[n+]4ccc(-c5ccc(N(CCCCCCCCCCCC)CCCCCCCCCCCC)cc5)c5ccccc54)c3)c3ccccc23)cc1. The number of hydrogen-bond acceptors (Lipinski definition) is 3. The van der Waals surface area contributed by atoms with Crippen LogP contribution in [0.15, 0.2) is 201 Å². The molecule has 0 aliphatic rings. The fourth-order valence-electron chi connectivity index (χ4n) is 21.1. The van der Waals surface area contributed by atoms with Gasteiger partial charge in [-0.05, 0) is 128 Å². The smallest absolute Gasteiger partial charge is 0.213 e.